The molecule has 0 aliphatic heterocycles. The summed E-state index contributed by atoms with van der Waals surface area (Å²) in [5.41, 5.74) is 3.54. The Hall–Kier alpha value is -2.31. The lowest BCUT2D eigenvalue weighted by molar-refractivity contribution is 0.418. The molecule has 108 valence electrons. The number of ether oxygens (including phenoxy) is 1. The molecule has 3 aromatic carbocycles. The molecule has 1 atom stereocenters. The Bertz CT molecular complexity index is 934. The van der Waals surface area contributed by atoms with E-state index < -0.39 is 0 Å². The molecule has 22 heavy (non-hydrogen) atoms. The Labute approximate surface area is 131 Å². The topological polar surface area (TPSA) is 14.2 Å². The monoisotopic (exact) mass is 305 g/mol. The summed E-state index contributed by atoms with van der Waals surface area (Å²) in [7, 11) is 4.52. The van der Waals surface area contributed by atoms with E-state index in [4.69, 9.17) is 4.74 Å². The van der Waals surface area contributed by atoms with Gasteiger partial charge in [-0.2, -0.15) is 0 Å². The van der Waals surface area contributed by atoms with E-state index in [9.17, 15) is 0 Å². The summed E-state index contributed by atoms with van der Waals surface area (Å²) < 4.78 is 7.77. The van der Waals surface area contributed by atoms with Gasteiger partial charge in [-0.1, -0.05) is 51.7 Å². The Morgan fingerprint density at radius 2 is 1.36 bits per heavy atom. The van der Waals surface area contributed by atoms with Crippen molar-refractivity contribution in [3.05, 3.63) is 66.7 Å². The minimum atomic E-state index is 0.879. The van der Waals surface area contributed by atoms with Crippen LogP contribution in [-0.2, 0) is 0 Å². The highest BCUT2D eigenvalue weighted by molar-refractivity contribution is 7.28. The third kappa shape index (κ3) is 1.84. The quantitative estimate of drug-likeness (QED) is 0.504. The standard InChI is InChI=1S/C19H16NOP/c1-21-18-12-6-11-17(19(18)22)20-15-9-4-2-7-13(15)14-8-3-5-10-16(14)20/h2-12H,22H2,1H3. The van der Waals surface area contributed by atoms with E-state index in [1.807, 2.05) is 12.1 Å². The highest BCUT2D eigenvalue weighted by Gasteiger charge is 2.14. The van der Waals surface area contributed by atoms with E-state index in [0.717, 1.165) is 16.7 Å². The van der Waals surface area contributed by atoms with Gasteiger partial charge < -0.3 is 9.30 Å². The van der Waals surface area contributed by atoms with Crippen LogP contribution >= 0.6 is 9.24 Å². The molecule has 1 unspecified atom stereocenters. The van der Waals surface area contributed by atoms with Crippen LogP contribution in [0.25, 0.3) is 27.5 Å². The highest BCUT2D eigenvalue weighted by Crippen LogP contribution is 2.32. The van der Waals surface area contributed by atoms with Crippen LogP contribution in [-0.4, -0.2) is 11.7 Å². The maximum Gasteiger partial charge on any atom is 0.128 e. The van der Waals surface area contributed by atoms with Gasteiger partial charge in [-0.15, -0.1) is 0 Å². The van der Waals surface area contributed by atoms with Crippen molar-refractivity contribution in [3.8, 4) is 11.4 Å². The molecule has 1 aromatic heterocycles. The molecule has 0 fully saturated rings. The third-order valence-corrected chi connectivity index (χ3v) is 4.66. The lowest BCUT2D eigenvalue weighted by atomic mass is 10.2. The number of rotatable bonds is 2. The van der Waals surface area contributed by atoms with E-state index >= 15 is 0 Å². The van der Waals surface area contributed by atoms with Crippen molar-refractivity contribution in [3.63, 3.8) is 0 Å². The molecule has 4 rings (SSSR count). The van der Waals surface area contributed by atoms with E-state index in [1.165, 1.54) is 21.8 Å². The van der Waals surface area contributed by atoms with Gasteiger partial charge in [0.15, 0.2) is 0 Å². The van der Waals surface area contributed by atoms with Crippen molar-refractivity contribution in [2.45, 2.75) is 0 Å². The van der Waals surface area contributed by atoms with Crippen LogP contribution in [0.2, 0.25) is 0 Å². The molecule has 0 spiro atoms. The minimum absolute atomic E-state index is 0.879. The second-order valence-electron chi connectivity index (χ2n) is 5.26. The van der Waals surface area contributed by atoms with Crippen LogP contribution in [0.5, 0.6) is 5.75 Å². The first-order chi connectivity index (χ1) is 10.8. The molecule has 0 saturated heterocycles. The summed E-state index contributed by atoms with van der Waals surface area (Å²) in [5.74, 6) is 0.879. The van der Waals surface area contributed by atoms with Crippen LogP contribution in [0, 0.1) is 0 Å². The molecule has 1 heterocycles. The van der Waals surface area contributed by atoms with Gasteiger partial charge in [0, 0.05) is 16.1 Å². The van der Waals surface area contributed by atoms with Gasteiger partial charge in [-0.3, -0.25) is 0 Å². The number of hydrogen-bond acceptors (Lipinski definition) is 1. The lowest BCUT2D eigenvalue weighted by Crippen LogP contribution is -2.08. The molecule has 4 aromatic rings. The fourth-order valence-electron chi connectivity index (χ4n) is 3.09. The molecule has 0 saturated carbocycles. The van der Waals surface area contributed by atoms with Crippen molar-refractivity contribution in [2.75, 3.05) is 7.11 Å². The number of methoxy groups -OCH3 is 1. The van der Waals surface area contributed by atoms with Crippen molar-refractivity contribution < 1.29 is 4.74 Å². The number of aromatic nitrogens is 1. The van der Waals surface area contributed by atoms with Gasteiger partial charge in [0.05, 0.1) is 23.8 Å². The molecule has 0 amide bonds. The van der Waals surface area contributed by atoms with Gasteiger partial charge in [0.2, 0.25) is 0 Å². The molecule has 0 bridgehead atoms. The predicted octanol–water partition coefficient (Wildman–Crippen LogP) is 4.29. The van der Waals surface area contributed by atoms with Crippen LogP contribution < -0.4 is 10.0 Å². The van der Waals surface area contributed by atoms with Gasteiger partial charge in [-0.25, -0.2) is 0 Å². The Kier molecular flexibility index (Phi) is 3.13. The SMILES string of the molecule is COc1cccc(-n2c3ccccc3c3ccccc32)c1P. The highest BCUT2D eigenvalue weighted by atomic mass is 31.0. The lowest BCUT2D eigenvalue weighted by Gasteiger charge is -2.13. The molecular formula is C19H16NOP. The van der Waals surface area contributed by atoms with E-state index in [2.05, 4.69) is 68.4 Å². The van der Waals surface area contributed by atoms with Gasteiger partial charge in [0.25, 0.3) is 0 Å². The second-order valence-corrected chi connectivity index (χ2v) is 5.84. The molecule has 0 N–H and O–H groups in total. The zero-order chi connectivity index (χ0) is 15.1. The maximum absolute atomic E-state index is 5.47. The smallest absolute Gasteiger partial charge is 0.128 e. The van der Waals surface area contributed by atoms with Crippen molar-refractivity contribution in [2.24, 2.45) is 0 Å². The molecule has 3 heteroatoms. The number of nitrogens with zero attached hydrogens (tertiary/aromatic N) is 1. The molecular weight excluding hydrogens is 289 g/mol. The van der Waals surface area contributed by atoms with Crippen LogP contribution in [0.1, 0.15) is 0 Å². The summed E-state index contributed by atoms with van der Waals surface area (Å²) in [6.07, 6.45) is 0. The van der Waals surface area contributed by atoms with Gasteiger partial charge >= 0.3 is 0 Å². The van der Waals surface area contributed by atoms with Crippen molar-refractivity contribution >= 4 is 36.4 Å². The molecule has 0 aliphatic rings. The molecule has 2 nitrogen and oxygen atoms in total. The summed E-state index contributed by atoms with van der Waals surface area (Å²) in [5, 5.41) is 3.60. The minimum Gasteiger partial charge on any atom is -0.496 e. The Morgan fingerprint density at radius 3 is 1.95 bits per heavy atom. The zero-order valence-corrected chi connectivity index (χ0v) is 13.4. The van der Waals surface area contributed by atoms with Crippen LogP contribution in [0.15, 0.2) is 66.7 Å². The summed E-state index contributed by atoms with van der Waals surface area (Å²) in [6, 6.07) is 23.2. The number of fused-ring (bicyclic) bond motifs is 3. The first-order valence-electron chi connectivity index (χ1n) is 7.22. The Balaban J connectivity index is 2.18. The normalized spacial score (nSPS) is 11.2. The molecule has 0 radical (unpaired) electrons. The van der Waals surface area contributed by atoms with Gasteiger partial charge in [-0.05, 0) is 24.3 Å². The second kappa shape index (κ2) is 5.15. The number of benzene rings is 3. The Morgan fingerprint density at radius 1 is 0.773 bits per heavy atom. The first kappa shape index (κ1) is 13.4. The molecule has 0 aliphatic carbocycles. The fraction of sp³-hybridized carbons (Fsp3) is 0.0526. The van der Waals surface area contributed by atoms with E-state index in [1.54, 1.807) is 7.11 Å². The zero-order valence-electron chi connectivity index (χ0n) is 12.3. The van der Waals surface area contributed by atoms with Gasteiger partial charge in [0.1, 0.15) is 5.75 Å². The van der Waals surface area contributed by atoms with Crippen LogP contribution in [0.3, 0.4) is 0 Å². The van der Waals surface area contributed by atoms with Crippen molar-refractivity contribution in [1.82, 2.24) is 4.57 Å². The average molecular weight is 305 g/mol. The number of hydrogen-bond donors (Lipinski definition) is 0. The van der Waals surface area contributed by atoms with E-state index in [-0.39, 0.29) is 0 Å². The van der Waals surface area contributed by atoms with Crippen LogP contribution in [0.4, 0.5) is 0 Å². The number of para-hydroxylation sites is 2. The van der Waals surface area contributed by atoms with Crippen molar-refractivity contribution in [1.29, 1.82) is 0 Å². The predicted molar refractivity (Wildman–Crippen MR) is 96.7 cm³/mol. The maximum atomic E-state index is 5.47. The first-order valence-corrected chi connectivity index (χ1v) is 7.80. The average Bonchev–Trinajstić information content (AvgIpc) is 2.90. The summed E-state index contributed by atoms with van der Waals surface area (Å²) in [4.78, 5) is 0. The summed E-state index contributed by atoms with van der Waals surface area (Å²) in [6.45, 7) is 0. The largest absolute Gasteiger partial charge is 0.496 e. The van der Waals surface area contributed by atoms with E-state index in [0.29, 0.717) is 0 Å². The fourth-order valence-corrected chi connectivity index (χ4v) is 3.53. The third-order valence-electron chi connectivity index (χ3n) is 4.08. The summed E-state index contributed by atoms with van der Waals surface area (Å²) >= 11 is 0.